The summed E-state index contributed by atoms with van der Waals surface area (Å²) in [6.07, 6.45) is 0.335. The molecule has 0 aliphatic carbocycles. The lowest BCUT2D eigenvalue weighted by molar-refractivity contribution is -0.144. The molecule has 0 amide bonds. The third-order valence-electron chi connectivity index (χ3n) is 3.23. The average Bonchev–Trinajstić information content (AvgIpc) is 2.57. The van der Waals surface area contributed by atoms with Crippen molar-refractivity contribution in [2.45, 2.75) is 12.8 Å². The average molecular weight is 333 g/mol. The minimum absolute atomic E-state index is 0.113. The number of hydrogen-bond donors (Lipinski definition) is 1. The van der Waals surface area contributed by atoms with Gasteiger partial charge in [0.05, 0.1) is 20.3 Å². The Kier molecular flexibility index (Phi) is 6.51. The van der Waals surface area contributed by atoms with Crippen molar-refractivity contribution in [1.29, 1.82) is 0 Å². The molecule has 0 spiro atoms. The molecule has 1 aromatic carbocycles. The van der Waals surface area contributed by atoms with Gasteiger partial charge in [-0.15, -0.1) is 0 Å². The number of pyridine rings is 1. The van der Waals surface area contributed by atoms with E-state index in [1.807, 2.05) is 6.07 Å². The molecule has 1 N–H and O–H groups in total. The van der Waals surface area contributed by atoms with Crippen molar-refractivity contribution >= 4 is 22.7 Å². The number of hydrogen-bond acceptors (Lipinski definition) is 6. The lowest BCUT2D eigenvalue weighted by Crippen LogP contribution is -2.15. The molecule has 0 aliphatic heterocycles. The van der Waals surface area contributed by atoms with Gasteiger partial charge in [-0.25, -0.2) is 0 Å². The minimum Gasteiger partial charge on any atom is -0.493 e. The van der Waals surface area contributed by atoms with Gasteiger partial charge in [-0.3, -0.25) is 14.4 Å². The van der Waals surface area contributed by atoms with Crippen LogP contribution in [0, 0.1) is 0 Å². The summed E-state index contributed by atoms with van der Waals surface area (Å²) in [5.41, 5.74) is 0.609. The molecule has 7 heteroatoms. The number of ether oxygens (including phenoxy) is 3. The number of nitrogens with one attached hydrogen (secondary N) is 1. The summed E-state index contributed by atoms with van der Waals surface area (Å²) >= 11 is 0. The quantitative estimate of drug-likeness (QED) is 0.424. The predicted molar refractivity (Wildman–Crippen MR) is 87.1 cm³/mol. The van der Waals surface area contributed by atoms with E-state index < -0.39 is 5.97 Å². The van der Waals surface area contributed by atoms with Crippen LogP contribution >= 0.6 is 0 Å². The van der Waals surface area contributed by atoms with Gasteiger partial charge >= 0.3 is 5.97 Å². The second kappa shape index (κ2) is 8.83. The van der Waals surface area contributed by atoms with Crippen LogP contribution in [0.25, 0.3) is 10.9 Å². The van der Waals surface area contributed by atoms with E-state index in [4.69, 9.17) is 9.47 Å². The van der Waals surface area contributed by atoms with Crippen molar-refractivity contribution in [1.82, 2.24) is 4.98 Å². The maximum atomic E-state index is 11.3. The Morgan fingerprint density at radius 3 is 2.75 bits per heavy atom. The van der Waals surface area contributed by atoms with E-state index in [1.165, 1.54) is 13.2 Å². The zero-order valence-corrected chi connectivity index (χ0v) is 13.4. The second-order valence-electron chi connectivity index (χ2n) is 5.12. The smallest absolute Gasteiger partial charge is 0.313 e. The number of H-pyrrole nitrogens is 1. The van der Waals surface area contributed by atoms with Crippen LogP contribution in [0.2, 0.25) is 0 Å². The molecule has 0 unspecified atom stereocenters. The van der Waals surface area contributed by atoms with E-state index in [0.29, 0.717) is 25.4 Å². The van der Waals surface area contributed by atoms with E-state index in [0.717, 1.165) is 10.9 Å². The molecule has 0 saturated heterocycles. The minimum atomic E-state index is -0.565. The fourth-order valence-corrected chi connectivity index (χ4v) is 2.04. The van der Waals surface area contributed by atoms with E-state index >= 15 is 0 Å². The van der Waals surface area contributed by atoms with Gasteiger partial charge in [-0.1, -0.05) is 0 Å². The number of aromatic nitrogens is 1. The van der Waals surface area contributed by atoms with Gasteiger partial charge in [0.25, 0.3) is 0 Å². The Morgan fingerprint density at radius 2 is 1.96 bits per heavy atom. The van der Waals surface area contributed by atoms with Crippen LogP contribution in [0.15, 0.2) is 35.1 Å². The number of carbonyl (C=O) groups excluding carboxylic acids is 2. The molecule has 0 radical (unpaired) electrons. The maximum Gasteiger partial charge on any atom is 0.313 e. The van der Waals surface area contributed by atoms with Crippen LogP contribution in [0.5, 0.6) is 5.75 Å². The molecular weight excluding hydrogens is 314 g/mol. The first-order valence-electron chi connectivity index (χ1n) is 7.50. The molecule has 24 heavy (non-hydrogen) atoms. The molecule has 7 nitrogen and oxygen atoms in total. The second-order valence-corrected chi connectivity index (χ2v) is 5.12. The van der Waals surface area contributed by atoms with Gasteiger partial charge in [0.1, 0.15) is 18.8 Å². The van der Waals surface area contributed by atoms with Crippen molar-refractivity contribution in [2.24, 2.45) is 0 Å². The summed E-state index contributed by atoms with van der Waals surface area (Å²) in [6.45, 7) is 0.673. The summed E-state index contributed by atoms with van der Waals surface area (Å²) in [7, 11) is 1.23. The number of carbonyl (C=O) groups is 2. The van der Waals surface area contributed by atoms with Crippen molar-refractivity contribution in [2.75, 3.05) is 26.9 Å². The molecule has 0 aliphatic rings. The monoisotopic (exact) mass is 333 g/mol. The lowest BCUT2D eigenvalue weighted by atomic mass is 10.2. The molecule has 128 valence electrons. The van der Waals surface area contributed by atoms with E-state index in [2.05, 4.69) is 9.72 Å². The highest BCUT2D eigenvalue weighted by Gasteiger charge is 2.09. The van der Waals surface area contributed by atoms with Gasteiger partial charge in [-0.05, 0) is 24.3 Å². The Balaban J connectivity index is 1.67. The molecular formula is C17H19NO6. The van der Waals surface area contributed by atoms with Crippen LogP contribution in [-0.2, 0) is 19.1 Å². The molecule has 2 aromatic rings. The first-order chi connectivity index (χ1) is 11.6. The predicted octanol–water partition coefficient (Wildman–Crippen LogP) is 1.45. The third kappa shape index (κ3) is 5.51. The first-order valence-corrected chi connectivity index (χ1v) is 7.50. The van der Waals surface area contributed by atoms with Crippen LogP contribution in [-0.4, -0.2) is 43.7 Å². The molecule has 0 bridgehead atoms. The summed E-state index contributed by atoms with van der Waals surface area (Å²) in [5.74, 6) is -0.188. The number of rotatable bonds is 9. The highest BCUT2D eigenvalue weighted by molar-refractivity contribution is 5.96. The van der Waals surface area contributed by atoms with Crippen molar-refractivity contribution in [3.8, 4) is 5.75 Å². The largest absolute Gasteiger partial charge is 0.493 e. The molecule has 0 fully saturated rings. The summed E-state index contributed by atoms with van der Waals surface area (Å²) in [6, 6.07) is 8.60. The van der Waals surface area contributed by atoms with Crippen molar-refractivity contribution in [3.63, 3.8) is 0 Å². The topological polar surface area (TPSA) is 94.7 Å². The van der Waals surface area contributed by atoms with Gasteiger partial charge in [0.15, 0.2) is 5.78 Å². The Labute approximate surface area is 138 Å². The molecule has 0 atom stereocenters. The van der Waals surface area contributed by atoms with E-state index in [9.17, 15) is 14.4 Å². The molecule has 2 rings (SSSR count). The number of esters is 1. The van der Waals surface area contributed by atoms with Crippen LogP contribution < -0.4 is 10.3 Å². The van der Waals surface area contributed by atoms with Gasteiger partial charge in [0, 0.05) is 23.4 Å². The Hall–Kier alpha value is -2.67. The molecule has 1 aromatic heterocycles. The van der Waals surface area contributed by atoms with Gasteiger partial charge in [0.2, 0.25) is 5.56 Å². The van der Waals surface area contributed by atoms with Crippen molar-refractivity contribution in [3.05, 3.63) is 40.7 Å². The number of Topliss-reactive ketones (excluding diaryl/α,β-unsaturated/α-hetero) is 1. The zero-order chi connectivity index (χ0) is 17.4. The Morgan fingerprint density at radius 1 is 1.12 bits per heavy atom. The zero-order valence-electron chi connectivity index (χ0n) is 13.4. The first kappa shape index (κ1) is 17.7. The van der Waals surface area contributed by atoms with E-state index in [-0.39, 0.29) is 24.4 Å². The summed E-state index contributed by atoms with van der Waals surface area (Å²) in [5, 5.41) is 0.886. The van der Waals surface area contributed by atoms with Gasteiger partial charge < -0.3 is 19.2 Å². The SMILES string of the molecule is COC(=O)CC(=O)COCCCOc1ccc2[nH]c(=O)ccc2c1. The van der Waals surface area contributed by atoms with Crippen LogP contribution in [0.3, 0.4) is 0 Å². The number of methoxy groups -OCH3 is 1. The van der Waals surface area contributed by atoms with Crippen LogP contribution in [0.4, 0.5) is 0 Å². The highest BCUT2D eigenvalue weighted by Crippen LogP contribution is 2.18. The summed E-state index contributed by atoms with van der Waals surface area (Å²) < 4.78 is 15.2. The standard InChI is InChI=1S/C17H19NO6/c1-22-17(21)10-13(19)11-23-7-2-8-24-14-4-5-15-12(9-14)3-6-16(20)18-15/h3-6,9H,2,7-8,10-11H2,1H3,(H,18,20). The lowest BCUT2D eigenvalue weighted by Gasteiger charge is -2.07. The van der Waals surface area contributed by atoms with Crippen LogP contribution in [0.1, 0.15) is 12.8 Å². The molecule has 1 heterocycles. The van der Waals surface area contributed by atoms with E-state index in [1.54, 1.807) is 18.2 Å². The fourth-order valence-electron chi connectivity index (χ4n) is 2.04. The number of ketones is 1. The summed E-state index contributed by atoms with van der Waals surface area (Å²) in [4.78, 5) is 36.2. The number of benzene rings is 1. The third-order valence-corrected chi connectivity index (χ3v) is 3.23. The Bertz CT molecular complexity index is 767. The number of fused-ring (bicyclic) bond motifs is 1. The highest BCUT2D eigenvalue weighted by atomic mass is 16.5. The van der Waals surface area contributed by atoms with Crippen molar-refractivity contribution < 1.29 is 23.8 Å². The molecule has 0 saturated carbocycles. The van der Waals surface area contributed by atoms with Gasteiger partial charge in [-0.2, -0.15) is 0 Å². The fraction of sp³-hybridized carbons (Fsp3) is 0.353. The normalized spacial score (nSPS) is 10.5. The maximum absolute atomic E-state index is 11.3. The number of aromatic amines is 1.